The van der Waals surface area contributed by atoms with Crippen molar-refractivity contribution in [3.05, 3.63) is 22.5 Å². The van der Waals surface area contributed by atoms with E-state index in [2.05, 4.69) is 15.3 Å². The van der Waals surface area contributed by atoms with Crippen molar-refractivity contribution >= 4 is 11.6 Å². The van der Waals surface area contributed by atoms with Crippen LogP contribution in [-0.4, -0.2) is 54.9 Å². The molecule has 0 atom stereocenters. The summed E-state index contributed by atoms with van der Waals surface area (Å²) in [6.45, 7) is 4.07. The zero-order valence-electron chi connectivity index (χ0n) is 12.0. The predicted octanol–water partition coefficient (Wildman–Crippen LogP) is 0.128. The van der Waals surface area contributed by atoms with E-state index in [0.717, 1.165) is 15.5 Å². The Balaban J connectivity index is 2.45. The van der Waals surface area contributed by atoms with Gasteiger partial charge in [-0.3, -0.25) is 4.79 Å². The minimum absolute atomic E-state index is 0.0855. The maximum atomic E-state index is 12.4. The van der Waals surface area contributed by atoms with Gasteiger partial charge in [0.2, 0.25) is 0 Å². The first-order chi connectivity index (χ1) is 10.1. The summed E-state index contributed by atoms with van der Waals surface area (Å²) in [5, 5.41) is 7.44. The van der Waals surface area contributed by atoms with Crippen molar-refractivity contribution < 1.29 is 9.18 Å². The Morgan fingerprint density at radius 3 is 2.81 bits per heavy atom. The number of aryl methyl sites for hydroxylation is 1. The number of aromatic nitrogens is 5. The van der Waals surface area contributed by atoms with Gasteiger partial charge in [0.25, 0.3) is 5.91 Å². The maximum Gasteiger partial charge on any atom is 0.353 e. The summed E-state index contributed by atoms with van der Waals surface area (Å²) in [6.07, 6.45) is 2.04. The van der Waals surface area contributed by atoms with Crippen molar-refractivity contribution in [2.45, 2.75) is 26.8 Å². The number of halogens is 1. The van der Waals surface area contributed by atoms with Crippen LogP contribution in [0, 0.1) is 0 Å². The SMILES string of the molecule is CCCN(CC)C(=O)c1ncn2c(=O)n(CCF)nnc12. The number of amides is 1. The van der Waals surface area contributed by atoms with E-state index in [4.69, 9.17) is 0 Å². The topological polar surface area (TPSA) is 85.4 Å². The average Bonchev–Trinajstić information content (AvgIpc) is 2.92. The second-order valence-corrected chi connectivity index (χ2v) is 4.46. The molecule has 114 valence electrons. The van der Waals surface area contributed by atoms with Gasteiger partial charge in [0, 0.05) is 13.1 Å². The fourth-order valence-electron chi connectivity index (χ4n) is 2.03. The number of rotatable bonds is 6. The number of hydrogen-bond donors (Lipinski definition) is 0. The van der Waals surface area contributed by atoms with Crippen molar-refractivity contribution in [3.63, 3.8) is 0 Å². The van der Waals surface area contributed by atoms with Crippen molar-refractivity contribution in [1.29, 1.82) is 0 Å². The van der Waals surface area contributed by atoms with Gasteiger partial charge in [-0.25, -0.2) is 18.6 Å². The fraction of sp³-hybridized carbons (Fsp3) is 0.583. The van der Waals surface area contributed by atoms with Crippen LogP contribution in [-0.2, 0) is 6.54 Å². The molecule has 0 saturated carbocycles. The smallest absolute Gasteiger partial charge is 0.337 e. The zero-order chi connectivity index (χ0) is 15.4. The Morgan fingerprint density at radius 1 is 1.43 bits per heavy atom. The molecule has 2 aromatic heterocycles. The molecule has 0 saturated heterocycles. The van der Waals surface area contributed by atoms with Crippen LogP contribution < -0.4 is 5.69 Å². The van der Waals surface area contributed by atoms with Crippen molar-refractivity contribution in [2.75, 3.05) is 19.8 Å². The number of imidazole rings is 1. The number of alkyl halides is 1. The lowest BCUT2D eigenvalue weighted by Crippen LogP contribution is -2.33. The third-order valence-electron chi connectivity index (χ3n) is 3.08. The molecule has 0 fully saturated rings. The Kier molecular flexibility index (Phi) is 4.61. The van der Waals surface area contributed by atoms with E-state index in [1.54, 1.807) is 4.90 Å². The first-order valence-corrected chi connectivity index (χ1v) is 6.80. The molecule has 0 aliphatic rings. The molecule has 0 N–H and O–H groups in total. The van der Waals surface area contributed by atoms with Crippen LogP contribution in [0.4, 0.5) is 4.39 Å². The van der Waals surface area contributed by atoms with Gasteiger partial charge in [0.1, 0.15) is 13.0 Å². The third kappa shape index (κ3) is 2.76. The molecular formula is C12H17FN6O2. The lowest BCUT2D eigenvalue weighted by Gasteiger charge is -2.18. The number of carbonyl (C=O) groups is 1. The summed E-state index contributed by atoms with van der Waals surface area (Å²) in [5.41, 5.74) is -0.389. The van der Waals surface area contributed by atoms with Gasteiger partial charge < -0.3 is 4.90 Å². The fourth-order valence-corrected chi connectivity index (χ4v) is 2.03. The Bertz CT molecular complexity index is 695. The molecule has 0 spiro atoms. The van der Waals surface area contributed by atoms with E-state index in [9.17, 15) is 14.0 Å². The Labute approximate surface area is 120 Å². The summed E-state index contributed by atoms with van der Waals surface area (Å²) in [4.78, 5) is 30.0. The summed E-state index contributed by atoms with van der Waals surface area (Å²) in [5.74, 6) is -0.293. The number of nitrogens with zero attached hydrogens (tertiary/aromatic N) is 6. The number of carbonyl (C=O) groups excluding carboxylic acids is 1. The van der Waals surface area contributed by atoms with Gasteiger partial charge in [-0.1, -0.05) is 12.1 Å². The molecule has 0 unspecified atom stereocenters. The molecule has 0 aliphatic heterocycles. The molecule has 2 aromatic rings. The van der Waals surface area contributed by atoms with Crippen LogP contribution in [0.2, 0.25) is 0 Å². The van der Waals surface area contributed by atoms with Gasteiger partial charge in [0.15, 0.2) is 11.3 Å². The zero-order valence-corrected chi connectivity index (χ0v) is 12.0. The molecule has 9 heteroatoms. The maximum absolute atomic E-state index is 12.4. The summed E-state index contributed by atoms with van der Waals surface area (Å²) in [6, 6.07) is 0. The molecule has 0 aromatic carbocycles. The molecule has 2 rings (SSSR count). The van der Waals surface area contributed by atoms with Crippen LogP contribution >= 0.6 is 0 Å². The van der Waals surface area contributed by atoms with E-state index in [1.165, 1.54) is 6.33 Å². The second-order valence-electron chi connectivity index (χ2n) is 4.46. The minimum Gasteiger partial charge on any atom is -0.337 e. The van der Waals surface area contributed by atoms with Crippen LogP contribution in [0.3, 0.4) is 0 Å². The normalized spacial score (nSPS) is 11.0. The van der Waals surface area contributed by atoms with Crippen LogP contribution in [0.15, 0.2) is 11.1 Å². The average molecular weight is 296 g/mol. The van der Waals surface area contributed by atoms with E-state index in [-0.39, 0.29) is 23.8 Å². The monoisotopic (exact) mass is 296 g/mol. The van der Waals surface area contributed by atoms with E-state index >= 15 is 0 Å². The van der Waals surface area contributed by atoms with Crippen LogP contribution in [0.5, 0.6) is 0 Å². The molecule has 8 nitrogen and oxygen atoms in total. The predicted molar refractivity (Wildman–Crippen MR) is 72.9 cm³/mol. The van der Waals surface area contributed by atoms with Gasteiger partial charge in [0.05, 0.1) is 6.54 Å². The van der Waals surface area contributed by atoms with Gasteiger partial charge in [-0.05, 0) is 13.3 Å². The highest BCUT2D eigenvalue weighted by Crippen LogP contribution is 2.07. The molecule has 0 aliphatic carbocycles. The largest absolute Gasteiger partial charge is 0.353 e. The third-order valence-corrected chi connectivity index (χ3v) is 3.08. The minimum atomic E-state index is -0.722. The van der Waals surface area contributed by atoms with E-state index < -0.39 is 12.4 Å². The molecule has 0 bridgehead atoms. The lowest BCUT2D eigenvalue weighted by molar-refractivity contribution is 0.0761. The molecule has 0 radical (unpaired) electrons. The summed E-state index contributed by atoms with van der Waals surface area (Å²) in [7, 11) is 0. The number of hydrogen-bond acceptors (Lipinski definition) is 5. The van der Waals surface area contributed by atoms with Gasteiger partial charge in [-0.15, -0.1) is 5.10 Å². The summed E-state index contributed by atoms with van der Waals surface area (Å²) < 4.78 is 14.3. The highest BCUT2D eigenvalue weighted by Gasteiger charge is 2.21. The standard InChI is InChI=1S/C12H17FN6O2/c1-3-6-17(4-2)11(20)9-10-15-16-19(7-5-13)12(21)18(10)8-14-9/h8H,3-7H2,1-2H3. The van der Waals surface area contributed by atoms with Crippen LogP contribution in [0.1, 0.15) is 30.8 Å². The van der Waals surface area contributed by atoms with Crippen LogP contribution in [0.25, 0.3) is 5.65 Å². The van der Waals surface area contributed by atoms with Crippen molar-refractivity contribution in [2.24, 2.45) is 0 Å². The Morgan fingerprint density at radius 2 is 2.19 bits per heavy atom. The van der Waals surface area contributed by atoms with Crippen molar-refractivity contribution in [3.8, 4) is 0 Å². The summed E-state index contributed by atoms with van der Waals surface area (Å²) >= 11 is 0. The number of fused-ring (bicyclic) bond motifs is 1. The second kappa shape index (κ2) is 6.42. The van der Waals surface area contributed by atoms with E-state index in [1.807, 2.05) is 13.8 Å². The van der Waals surface area contributed by atoms with Crippen molar-refractivity contribution in [1.82, 2.24) is 29.3 Å². The lowest BCUT2D eigenvalue weighted by atomic mass is 10.3. The van der Waals surface area contributed by atoms with Gasteiger partial charge >= 0.3 is 5.69 Å². The molecular weight excluding hydrogens is 279 g/mol. The highest BCUT2D eigenvalue weighted by molar-refractivity contribution is 5.97. The quantitative estimate of drug-likeness (QED) is 0.756. The first-order valence-electron chi connectivity index (χ1n) is 6.80. The molecule has 1 amide bonds. The van der Waals surface area contributed by atoms with E-state index in [0.29, 0.717) is 13.1 Å². The Hall–Kier alpha value is -2.32. The molecule has 2 heterocycles. The highest BCUT2D eigenvalue weighted by atomic mass is 19.1. The van der Waals surface area contributed by atoms with Gasteiger partial charge in [-0.2, -0.15) is 4.68 Å². The first kappa shape index (κ1) is 15.1. The molecule has 21 heavy (non-hydrogen) atoms.